The highest BCUT2D eigenvalue weighted by Gasteiger charge is 2.71. The summed E-state index contributed by atoms with van der Waals surface area (Å²) in [4.78, 5) is 27.5. The highest BCUT2D eigenvalue weighted by Crippen LogP contribution is 2.59. The molecule has 12 heteroatoms. The summed E-state index contributed by atoms with van der Waals surface area (Å²) in [5.41, 5.74) is 4.62. The summed E-state index contributed by atoms with van der Waals surface area (Å²) >= 11 is 0. The lowest BCUT2D eigenvalue weighted by Gasteiger charge is -2.45. The predicted molar refractivity (Wildman–Crippen MR) is 167 cm³/mol. The van der Waals surface area contributed by atoms with E-state index in [2.05, 4.69) is 29.0 Å². The Morgan fingerprint density at radius 2 is 1.38 bits per heavy atom. The zero-order valence-electron chi connectivity index (χ0n) is 24.7. The van der Waals surface area contributed by atoms with Crippen molar-refractivity contribution in [2.45, 2.75) is 47.0 Å². The highest BCUT2D eigenvalue weighted by molar-refractivity contribution is 7.90. The van der Waals surface area contributed by atoms with Gasteiger partial charge in [0.2, 0.25) is 10.0 Å². The van der Waals surface area contributed by atoms with Crippen LogP contribution in [0, 0.1) is 23.7 Å². The Morgan fingerprint density at radius 1 is 0.766 bits per heavy atom. The maximum absolute atomic E-state index is 14.1. The lowest BCUT2D eigenvalue weighted by atomic mass is 9.59. The molecule has 2 saturated carbocycles. The van der Waals surface area contributed by atoms with E-state index >= 15 is 0 Å². The van der Waals surface area contributed by atoms with Gasteiger partial charge in [0.05, 0.1) is 28.0 Å². The molecule has 1 heterocycles. The van der Waals surface area contributed by atoms with Gasteiger partial charge in [0, 0.05) is 28.5 Å². The number of sulfonamides is 1. The van der Waals surface area contributed by atoms with Crippen LogP contribution in [0.15, 0.2) is 89.8 Å². The first kappa shape index (κ1) is 29.1. The molecule has 0 spiro atoms. The zero-order chi connectivity index (χ0) is 32.4. The van der Waals surface area contributed by atoms with E-state index in [0.717, 1.165) is 17.2 Å². The summed E-state index contributed by atoms with van der Waals surface area (Å²) in [5, 5.41) is -0.730. The number of nitrogens with one attached hydrogen (secondary N) is 1. The van der Waals surface area contributed by atoms with Gasteiger partial charge in [0.25, 0.3) is 0 Å². The van der Waals surface area contributed by atoms with Crippen LogP contribution in [0.25, 0.3) is 10.8 Å². The Hall–Kier alpha value is -4.10. The number of rotatable bonds is 5. The van der Waals surface area contributed by atoms with Gasteiger partial charge in [-0.3, -0.25) is 9.59 Å². The summed E-state index contributed by atoms with van der Waals surface area (Å²) in [6.45, 7) is 0. The number of esters is 2. The molecule has 1 aliphatic heterocycles. The Labute approximate surface area is 270 Å². The van der Waals surface area contributed by atoms with E-state index in [4.69, 9.17) is 9.47 Å². The van der Waals surface area contributed by atoms with Gasteiger partial charge in [-0.25, -0.2) is 21.6 Å². The van der Waals surface area contributed by atoms with Crippen molar-refractivity contribution in [2.24, 2.45) is 23.7 Å². The van der Waals surface area contributed by atoms with Gasteiger partial charge in [-0.15, -0.1) is 0 Å². The minimum Gasteiger partial charge on any atom is -0.744 e. The van der Waals surface area contributed by atoms with Gasteiger partial charge in [-0.1, -0.05) is 72.8 Å². The molecule has 1 N–H and O–H groups in total. The van der Waals surface area contributed by atoms with Gasteiger partial charge in [0.15, 0.2) is 0 Å². The Balaban J connectivity index is 1.03. The first-order valence-electron chi connectivity index (χ1n) is 15.6. The molecule has 5 aliphatic carbocycles. The molecule has 0 radical (unpaired) electrons. The molecule has 240 valence electrons. The first-order chi connectivity index (χ1) is 22.5. The van der Waals surface area contributed by atoms with Crippen molar-refractivity contribution in [3.05, 3.63) is 107 Å². The third-order valence-corrected chi connectivity index (χ3v) is 14.0. The average molecular weight is 671 g/mol. The van der Waals surface area contributed by atoms with Crippen molar-refractivity contribution < 1.29 is 40.5 Å². The second-order valence-electron chi connectivity index (χ2n) is 13.3. The molecular weight excluding hydrogens is 643 g/mol. The van der Waals surface area contributed by atoms with Crippen LogP contribution in [0.1, 0.15) is 46.9 Å². The molecule has 1 saturated heterocycles. The van der Waals surface area contributed by atoms with Crippen molar-refractivity contribution in [2.75, 3.05) is 0 Å². The molecular formula is C35H28NO9S2-. The van der Waals surface area contributed by atoms with Crippen LogP contribution < -0.4 is 9.46 Å². The highest BCUT2D eigenvalue weighted by atomic mass is 32.2. The predicted octanol–water partition coefficient (Wildman–Crippen LogP) is 3.79. The number of hydrogen-bond donors (Lipinski definition) is 1. The Bertz CT molecular complexity index is 2200. The molecule has 4 bridgehead atoms. The molecule has 47 heavy (non-hydrogen) atoms. The monoisotopic (exact) mass is 670 g/mol. The lowest BCUT2D eigenvalue weighted by molar-refractivity contribution is -0.162. The van der Waals surface area contributed by atoms with Crippen LogP contribution in [0.4, 0.5) is 0 Å². The molecule has 6 aliphatic rings. The van der Waals surface area contributed by atoms with Crippen LogP contribution in [0.3, 0.4) is 0 Å². The minimum absolute atomic E-state index is 0.00443. The SMILES string of the molecule is O=C(OC1C2CC3C1NS(=O)(=O)C3C2C(=O)Oc1ccc(S(=O)(=O)[O-])c2ccccc12)C1CC2c3ccccc3C1c1ccccc12. The Morgan fingerprint density at radius 3 is 2.04 bits per heavy atom. The van der Waals surface area contributed by atoms with E-state index in [1.165, 1.54) is 29.3 Å². The number of fused-ring (bicyclic) bond motifs is 3. The minimum atomic E-state index is -4.81. The van der Waals surface area contributed by atoms with Crippen LogP contribution in [-0.2, 0) is 34.5 Å². The summed E-state index contributed by atoms with van der Waals surface area (Å²) in [6.07, 6.45) is 0.0926. The van der Waals surface area contributed by atoms with Crippen LogP contribution in [0.5, 0.6) is 5.75 Å². The van der Waals surface area contributed by atoms with Crippen LogP contribution >= 0.6 is 0 Å². The fraction of sp³-hybridized carbons (Fsp3) is 0.314. The molecule has 4 aromatic carbocycles. The van der Waals surface area contributed by atoms with Gasteiger partial charge in [-0.2, -0.15) is 0 Å². The number of carbonyl (C=O) groups is 2. The van der Waals surface area contributed by atoms with E-state index < -0.39 is 78.0 Å². The molecule has 3 fully saturated rings. The third-order valence-electron chi connectivity index (χ3n) is 11.1. The standard InChI is InChI=1S/C35H29NO9S2/c37-34(25-15-23-17-7-1-5-11-21(17)29(25)22-12-6-2-8-18(22)23)45-32-24-16-26-31(32)36-46(39,40)33(26)30(24)35(38)44-27-13-14-28(47(41,42)43)20-10-4-3-9-19(20)27/h1-14,23-26,29-33,36H,15-16H2,(H,41,42,43)/p-1. The van der Waals surface area contributed by atoms with Crippen molar-refractivity contribution in [1.29, 1.82) is 0 Å². The van der Waals surface area contributed by atoms with Crippen molar-refractivity contribution in [3.8, 4) is 5.75 Å². The normalized spacial score (nSPS) is 32.1. The van der Waals surface area contributed by atoms with Crippen molar-refractivity contribution in [1.82, 2.24) is 4.72 Å². The molecule has 0 amide bonds. The number of ether oxygens (including phenoxy) is 2. The molecule has 0 aromatic heterocycles. The van der Waals surface area contributed by atoms with Crippen molar-refractivity contribution >= 4 is 42.9 Å². The maximum Gasteiger partial charge on any atom is 0.316 e. The van der Waals surface area contributed by atoms with Gasteiger partial charge >= 0.3 is 11.9 Å². The topological polar surface area (TPSA) is 156 Å². The summed E-state index contributed by atoms with van der Waals surface area (Å²) in [5.74, 6) is -3.97. The van der Waals surface area contributed by atoms with Crippen molar-refractivity contribution in [3.63, 3.8) is 0 Å². The quantitative estimate of drug-likeness (QED) is 0.190. The van der Waals surface area contributed by atoms with Crippen LogP contribution in [0.2, 0.25) is 0 Å². The Kier molecular flexibility index (Phi) is 6.16. The fourth-order valence-corrected chi connectivity index (χ4v) is 12.4. The van der Waals surface area contributed by atoms with E-state index in [-0.39, 0.29) is 28.4 Å². The number of benzene rings is 4. The van der Waals surface area contributed by atoms with E-state index in [0.29, 0.717) is 12.8 Å². The van der Waals surface area contributed by atoms with Gasteiger partial charge in [-0.05, 0) is 53.1 Å². The zero-order valence-corrected chi connectivity index (χ0v) is 26.3. The summed E-state index contributed by atoms with van der Waals surface area (Å²) in [7, 11) is -8.74. The number of carbonyl (C=O) groups excluding carboxylic acids is 2. The second kappa shape index (κ2) is 9.96. The molecule has 7 atom stereocenters. The third kappa shape index (κ3) is 4.14. The average Bonchev–Trinajstić information content (AvgIpc) is 3.67. The van der Waals surface area contributed by atoms with E-state index in [9.17, 15) is 31.0 Å². The smallest absolute Gasteiger partial charge is 0.316 e. The van der Waals surface area contributed by atoms with Gasteiger partial charge in [0.1, 0.15) is 22.0 Å². The fourth-order valence-electron chi connectivity index (χ4n) is 9.44. The summed E-state index contributed by atoms with van der Waals surface area (Å²) < 4.78 is 77.1. The van der Waals surface area contributed by atoms with E-state index in [1.54, 1.807) is 12.1 Å². The summed E-state index contributed by atoms with van der Waals surface area (Å²) in [6, 6.07) is 24.1. The number of hydrogen-bond acceptors (Lipinski definition) is 9. The molecule has 4 aromatic rings. The first-order valence-corrected chi connectivity index (χ1v) is 18.6. The maximum atomic E-state index is 14.1. The van der Waals surface area contributed by atoms with E-state index in [1.807, 2.05) is 24.3 Å². The molecule has 7 unspecified atom stereocenters. The molecule has 10 nitrogen and oxygen atoms in total. The van der Waals surface area contributed by atoms with Gasteiger partial charge < -0.3 is 14.0 Å². The lowest BCUT2D eigenvalue weighted by Crippen LogP contribution is -2.49. The second-order valence-corrected chi connectivity index (χ2v) is 16.5. The van der Waals surface area contributed by atoms with Crippen LogP contribution in [-0.4, -0.2) is 50.7 Å². The largest absolute Gasteiger partial charge is 0.744 e. The molecule has 10 rings (SSSR count).